The Labute approximate surface area is 79.7 Å². The van der Waals surface area contributed by atoms with Crippen LogP contribution in [0.4, 0.5) is 0 Å². The fourth-order valence-electron chi connectivity index (χ4n) is 0.880. The molecule has 12 heavy (non-hydrogen) atoms. The van der Waals surface area contributed by atoms with E-state index < -0.39 is 0 Å². The second-order valence-electron chi connectivity index (χ2n) is 3.39. The molecule has 0 aromatic carbocycles. The summed E-state index contributed by atoms with van der Waals surface area (Å²) in [6.07, 6.45) is 1.70. The van der Waals surface area contributed by atoms with Crippen molar-refractivity contribution < 1.29 is 4.79 Å². The van der Waals surface area contributed by atoms with Crippen molar-refractivity contribution in [1.29, 1.82) is 0 Å². The summed E-state index contributed by atoms with van der Waals surface area (Å²) in [5.41, 5.74) is 0. The van der Waals surface area contributed by atoms with Crippen LogP contribution in [0.5, 0.6) is 0 Å². The maximum Gasteiger partial charge on any atom is 0.238 e. The van der Waals surface area contributed by atoms with Crippen molar-refractivity contribution in [2.45, 2.75) is 39.0 Å². The van der Waals surface area contributed by atoms with E-state index in [9.17, 15) is 4.79 Å². The third-order valence-electron chi connectivity index (χ3n) is 1.51. The van der Waals surface area contributed by atoms with E-state index in [1.807, 2.05) is 6.92 Å². The first-order valence-corrected chi connectivity index (χ1v) is 4.93. The summed E-state index contributed by atoms with van der Waals surface area (Å²) in [6, 6.07) is 0. The average molecular weight is 192 g/mol. The van der Waals surface area contributed by atoms with Crippen LogP contribution < -0.4 is 5.32 Å². The van der Waals surface area contributed by atoms with Crippen LogP contribution in [-0.2, 0) is 4.79 Å². The first kappa shape index (κ1) is 11.8. The number of carbonyl (C=O) groups is 1. The molecule has 0 aromatic rings. The van der Waals surface area contributed by atoms with E-state index in [-0.39, 0.29) is 11.3 Å². The van der Waals surface area contributed by atoms with Crippen molar-refractivity contribution in [1.82, 2.24) is 5.32 Å². The number of nitrogens with one attached hydrogen (secondary N) is 1. The minimum atomic E-state index is -0.364. The first-order chi connectivity index (χ1) is 5.57. The lowest BCUT2D eigenvalue weighted by atomic mass is 10.1. The van der Waals surface area contributed by atoms with Gasteiger partial charge in [0, 0.05) is 6.54 Å². The lowest BCUT2D eigenvalue weighted by Crippen LogP contribution is -2.32. The monoisotopic (exact) mass is 191 g/mol. The predicted molar refractivity (Wildman–Crippen MR) is 52.4 cm³/mol. The van der Waals surface area contributed by atoms with E-state index >= 15 is 0 Å². The smallest absolute Gasteiger partial charge is 0.238 e. The molecular weight excluding hydrogens is 174 g/mol. The van der Waals surface area contributed by atoms with E-state index in [1.165, 1.54) is 0 Å². The molecule has 0 saturated heterocycles. The lowest BCUT2D eigenvalue weighted by Gasteiger charge is -2.11. The lowest BCUT2D eigenvalue weighted by molar-refractivity contribution is -0.121. The van der Waals surface area contributed by atoms with Crippen LogP contribution >= 0.6 is 11.6 Å². The molecular formula is C9H18ClNO. The van der Waals surface area contributed by atoms with Gasteiger partial charge in [-0.1, -0.05) is 20.8 Å². The van der Waals surface area contributed by atoms with Crippen molar-refractivity contribution in [3.05, 3.63) is 0 Å². The molecule has 1 amide bonds. The summed E-state index contributed by atoms with van der Waals surface area (Å²) in [7, 11) is 0. The van der Waals surface area contributed by atoms with Gasteiger partial charge < -0.3 is 5.32 Å². The van der Waals surface area contributed by atoms with E-state index in [4.69, 9.17) is 11.6 Å². The Morgan fingerprint density at radius 3 is 2.50 bits per heavy atom. The Balaban J connectivity index is 3.61. The normalized spacial score (nSPS) is 13.1. The summed E-state index contributed by atoms with van der Waals surface area (Å²) in [5, 5.41) is 2.40. The molecule has 0 rings (SSSR count). The SMILES string of the molecule is CCCNC(=O)C(Cl)CC(C)C. The van der Waals surface area contributed by atoms with Gasteiger partial charge in [-0.3, -0.25) is 4.79 Å². The van der Waals surface area contributed by atoms with E-state index in [2.05, 4.69) is 19.2 Å². The molecule has 0 aliphatic carbocycles. The first-order valence-electron chi connectivity index (χ1n) is 4.49. The van der Waals surface area contributed by atoms with Crippen molar-refractivity contribution in [3.8, 4) is 0 Å². The van der Waals surface area contributed by atoms with Gasteiger partial charge in [0.25, 0.3) is 0 Å². The third-order valence-corrected chi connectivity index (χ3v) is 1.89. The zero-order valence-electron chi connectivity index (χ0n) is 8.06. The number of amides is 1. The molecule has 1 unspecified atom stereocenters. The quantitative estimate of drug-likeness (QED) is 0.664. The number of hydrogen-bond acceptors (Lipinski definition) is 1. The van der Waals surface area contributed by atoms with Gasteiger partial charge in [0.2, 0.25) is 5.91 Å². The molecule has 0 aliphatic heterocycles. The summed E-state index contributed by atoms with van der Waals surface area (Å²) < 4.78 is 0. The Bertz CT molecular complexity index is 136. The van der Waals surface area contributed by atoms with Crippen LogP contribution in [0.1, 0.15) is 33.6 Å². The standard InChI is InChI=1S/C9H18ClNO/c1-4-5-11-9(12)8(10)6-7(2)3/h7-8H,4-6H2,1-3H3,(H,11,12). The van der Waals surface area contributed by atoms with Gasteiger partial charge in [-0.2, -0.15) is 0 Å². The fourth-order valence-corrected chi connectivity index (χ4v) is 1.31. The molecule has 0 aromatic heterocycles. The van der Waals surface area contributed by atoms with Gasteiger partial charge in [0.1, 0.15) is 5.38 Å². The van der Waals surface area contributed by atoms with E-state index in [0.29, 0.717) is 5.92 Å². The highest BCUT2D eigenvalue weighted by Crippen LogP contribution is 2.10. The van der Waals surface area contributed by atoms with Crippen LogP contribution in [0.25, 0.3) is 0 Å². The van der Waals surface area contributed by atoms with Gasteiger partial charge in [-0.05, 0) is 18.8 Å². The van der Waals surface area contributed by atoms with Crippen molar-refractivity contribution in [2.24, 2.45) is 5.92 Å². The van der Waals surface area contributed by atoms with Gasteiger partial charge >= 0.3 is 0 Å². The summed E-state index contributed by atoms with van der Waals surface area (Å²) in [5.74, 6) is 0.437. The van der Waals surface area contributed by atoms with Crippen molar-refractivity contribution >= 4 is 17.5 Å². The molecule has 72 valence electrons. The fraction of sp³-hybridized carbons (Fsp3) is 0.889. The molecule has 3 heteroatoms. The Morgan fingerprint density at radius 1 is 1.50 bits per heavy atom. The van der Waals surface area contributed by atoms with Crippen LogP contribution in [0.2, 0.25) is 0 Å². The third kappa shape index (κ3) is 5.42. The van der Waals surface area contributed by atoms with Gasteiger partial charge in [0.15, 0.2) is 0 Å². The highest BCUT2D eigenvalue weighted by Gasteiger charge is 2.15. The molecule has 0 bridgehead atoms. The van der Waals surface area contributed by atoms with E-state index in [0.717, 1.165) is 19.4 Å². The molecule has 0 radical (unpaired) electrons. The summed E-state index contributed by atoms with van der Waals surface area (Å²) in [4.78, 5) is 11.2. The van der Waals surface area contributed by atoms with Crippen LogP contribution in [0.15, 0.2) is 0 Å². The van der Waals surface area contributed by atoms with Crippen molar-refractivity contribution in [2.75, 3.05) is 6.54 Å². The van der Waals surface area contributed by atoms with Gasteiger partial charge in [-0.15, -0.1) is 11.6 Å². The molecule has 2 nitrogen and oxygen atoms in total. The molecule has 1 N–H and O–H groups in total. The highest BCUT2D eigenvalue weighted by molar-refractivity contribution is 6.30. The zero-order valence-corrected chi connectivity index (χ0v) is 8.82. The maximum absolute atomic E-state index is 11.2. The molecule has 0 spiro atoms. The second-order valence-corrected chi connectivity index (χ2v) is 3.91. The van der Waals surface area contributed by atoms with E-state index in [1.54, 1.807) is 0 Å². The molecule has 0 fully saturated rings. The highest BCUT2D eigenvalue weighted by atomic mass is 35.5. The minimum absolute atomic E-state index is 0.0350. The van der Waals surface area contributed by atoms with Gasteiger partial charge in [-0.25, -0.2) is 0 Å². The molecule has 1 atom stereocenters. The number of halogens is 1. The summed E-state index contributed by atoms with van der Waals surface area (Å²) >= 11 is 5.85. The topological polar surface area (TPSA) is 29.1 Å². The molecule has 0 aliphatic rings. The Kier molecular flexibility index (Phi) is 6.17. The Hall–Kier alpha value is -0.240. The maximum atomic E-state index is 11.2. The zero-order chi connectivity index (χ0) is 9.56. The minimum Gasteiger partial charge on any atom is -0.355 e. The number of rotatable bonds is 5. The van der Waals surface area contributed by atoms with Crippen LogP contribution in [-0.4, -0.2) is 17.8 Å². The summed E-state index contributed by atoms with van der Waals surface area (Å²) in [6.45, 7) is 6.86. The number of alkyl halides is 1. The largest absolute Gasteiger partial charge is 0.355 e. The molecule has 0 heterocycles. The number of carbonyl (C=O) groups excluding carboxylic acids is 1. The number of hydrogen-bond donors (Lipinski definition) is 1. The van der Waals surface area contributed by atoms with Crippen LogP contribution in [0, 0.1) is 5.92 Å². The van der Waals surface area contributed by atoms with Gasteiger partial charge in [0.05, 0.1) is 0 Å². The molecule has 0 saturated carbocycles. The second kappa shape index (κ2) is 6.30. The van der Waals surface area contributed by atoms with Crippen molar-refractivity contribution in [3.63, 3.8) is 0 Å². The van der Waals surface area contributed by atoms with Crippen LogP contribution in [0.3, 0.4) is 0 Å². The predicted octanol–water partition coefficient (Wildman–Crippen LogP) is 2.17. The average Bonchev–Trinajstić information content (AvgIpc) is 1.98. The Morgan fingerprint density at radius 2 is 2.08 bits per heavy atom.